The minimum absolute atomic E-state index is 0.429. The molecule has 0 aliphatic heterocycles. The normalized spacial score (nSPS) is 11.3. The number of hydrogen-bond donors (Lipinski definition) is 0. The van der Waals surface area contributed by atoms with Crippen LogP contribution in [0.15, 0.2) is 36.9 Å². The molecule has 0 aliphatic rings. The summed E-state index contributed by atoms with van der Waals surface area (Å²) in [5.41, 5.74) is 3.38. The summed E-state index contributed by atoms with van der Waals surface area (Å²) in [5.74, 6) is 1.35. The van der Waals surface area contributed by atoms with Crippen molar-refractivity contribution in [2.45, 2.75) is 25.9 Å². The van der Waals surface area contributed by atoms with Crippen molar-refractivity contribution in [3.05, 3.63) is 48.3 Å². The molecule has 98 valence electrons. The SMILES string of the molecule is Cc1cccc2c1nc(CCl)n2CCn1ccnc1. The molecule has 0 aliphatic carbocycles. The number of alkyl halides is 1. The van der Waals surface area contributed by atoms with Crippen molar-refractivity contribution in [1.29, 1.82) is 0 Å². The van der Waals surface area contributed by atoms with Gasteiger partial charge >= 0.3 is 0 Å². The van der Waals surface area contributed by atoms with E-state index >= 15 is 0 Å². The average Bonchev–Trinajstić information content (AvgIpc) is 3.03. The molecule has 0 saturated carbocycles. The Balaban J connectivity index is 1.99. The van der Waals surface area contributed by atoms with Gasteiger partial charge in [0, 0.05) is 25.5 Å². The van der Waals surface area contributed by atoms with Gasteiger partial charge in [0.15, 0.2) is 0 Å². The number of halogens is 1. The van der Waals surface area contributed by atoms with Crippen molar-refractivity contribution in [2.24, 2.45) is 0 Å². The van der Waals surface area contributed by atoms with E-state index in [1.54, 1.807) is 6.20 Å². The molecule has 19 heavy (non-hydrogen) atoms. The molecule has 3 rings (SSSR count). The van der Waals surface area contributed by atoms with Crippen molar-refractivity contribution in [3.63, 3.8) is 0 Å². The second kappa shape index (κ2) is 5.05. The Morgan fingerprint density at radius 3 is 2.89 bits per heavy atom. The minimum Gasteiger partial charge on any atom is -0.336 e. The van der Waals surface area contributed by atoms with E-state index in [1.807, 2.05) is 12.5 Å². The average molecular weight is 275 g/mol. The number of aromatic nitrogens is 4. The highest BCUT2D eigenvalue weighted by atomic mass is 35.5. The van der Waals surface area contributed by atoms with Crippen LogP contribution in [0.4, 0.5) is 0 Å². The molecule has 3 aromatic rings. The number of rotatable bonds is 4. The molecule has 5 heteroatoms. The van der Waals surface area contributed by atoms with Gasteiger partial charge in [-0.05, 0) is 18.6 Å². The van der Waals surface area contributed by atoms with Crippen LogP contribution in [-0.2, 0) is 19.0 Å². The molecule has 2 heterocycles. The molecule has 0 amide bonds. The summed E-state index contributed by atoms with van der Waals surface area (Å²) in [5, 5.41) is 0. The largest absolute Gasteiger partial charge is 0.336 e. The maximum absolute atomic E-state index is 6.01. The fraction of sp³-hybridized carbons (Fsp3) is 0.286. The lowest BCUT2D eigenvalue weighted by Crippen LogP contribution is -2.08. The Kier molecular flexibility index (Phi) is 3.25. The highest BCUT2D eigenvalue weighted by Crippen LogP contribution is 2.20. The molecular formula is C14H15ClN4. The number of imidazole rings is 2. The first kappa shape index (κ1) is 12.2. The zero-order chi connectivity index (χ0) is 13.2. The van der Waals surface area contributed by atoms with Crippen LogP contribution in [0.1, 0.15) is 11.4 Å². The van der Waals surface area contributed by atoms with Gasteiger partial charge < -0.3 is 9.13 Å². The lowest BCUT2D eigenvalue weighted by Gasteiger charge is -2.08. The quantitative estimate of drug-likeness (QED) is 0.686. The molecule has 1 aromatic carbocycles. The maximum atomic E-state index is 6.01. The second-order valence-corrected chi connectivity index (χ2v) is 4.82. The molecule has 2 aromatic heterocycles. The third-order valence-corrected chi connectivity index (χ3v) is 3.56. The molecule has 0 radical (unpaired) electrons. The van der Waals surface area contributed by atoms with Gasteiger partial charge in [-0.15, -0.1) is 11.6 Å². The predicted molar refractivity (Wildman–Crippen MR) is 76.3 cm³/mol. The van der Waals surface area contributed by atoms with Crippen LogP contribution in [0.2, 0.25) is 0 Å². The summed E-state index contributed by atoms with van der Waals surface area (Å²) < 4.78 is 4.25. The van der Waals surface area contributed by atoms with Gasteiger partial charge in [0.05, 0.1) is 23.2 Å². The Morgan fingerprint density at radius 2 is 2.16 bits per heavy atom. The van der Waals surface area contributed by atoms with E-state index < -0.39 is 0 Å². The van der Waals surface area contributed by atoms with Crippen LogP contribution in [-0.4, -0.2) is 19.1 Å². The first-order valence-electron chi connectivity index (χ1n) is 6.26. The van der Waals surface area contributed by atoms with E-state index in [4.69, 9.17) is 11.6 Å². The molecular weight excluding hydrogens is 260 g/mol. The summed E-state index contributed by atoms with van der Waals surface area (Å²) in [4.78, 5) is 8.69. The summed E-state index contributed by atoms with van der Waals surface area (Å²) in [6.45, 7) is 3.79. The van der Waals surface area contributed by atoms with Crippen LogP contribution >= 0.6 is 11.6 Å². The highest BCUT2D eigenvalue weighted by Gasteiger charge is 2.11. The maximum Gasteiger partial charge on any atom is 0.124 e. The standard InChI is InChI=1S/C14H15ClN4/c1-11-3-2-4-12-14(11)17-13(9-15)19(12)8-7-18-6-5-16-10-18/h2-6,10H,7-9H2,1H3. The first-order valence-corrected chi connectivity index (χ1v) is 6.79. The number of aryl methyl sites for hydroxylation is 3. The van der Waals surface area contributed by atoms with Crippen LogP contribution in [0, 0.1) is 6.92 Å². The molecule has 0 spiro atoms. The molecule has 0 unspecified atom stereocenters. The van der Waals surface area contributed by atoms with E-state index in [-0.39, 0.29) is 0 Å². The Labute approximate surface area is 116 Å². The van der Waals surface area contributed by atoms with Gasteiger partial charge in [0.25, 0.3) is 0 Å². The summed E-state index contributed by atoms with van der Waals surface area (Å²) in [7, 11) is 0. The Bertz CT molecular complexity index is 685. The third kappa shape index (κ3) is 2.24. The van der Waals surface area contributed by atoms with E-state index in [1.165, 1.54) is 5.56 Å². The number of para-hydroxylation sites is 1. The van der Waals surface area contributed by atoms with Gasteiger partial charge in [-0.2, -0.15) is 0 Å². The van der Waals surface area contributed by atoms with Gasteiger partial charge in [-0.3, -0.25) is 0 Å². The zero-order valence-electron chi connectivity index (χ0n) is 10.8. The topological polar surface area (TPSA) is 35.6 Å². The van der Waals surface area contributed by atoms with E-state index in [9.17, 15) is 0 Å². The highest BCUT2D eigenvalue weighted by molar-refractivity contribution is 6.16. The molecule has 0 N–H and O–H groups in total. The number of fused-ring (bicyclic) bond motifs is 1. The number of nitrogens with zero attached hydrogens (tertiary/aromatic N) is 4. The van der Waals surface area contributed by atoms with Crippen molar-refractivity contribution in [1.82, 2.24) is 19.1 Å². The Hall–Kier alpha value is -1.81. The molecule has 4 nitrogen and oxygen atoms in total. The lowest BCUT2D eigenvalue weighted by atomic mass is 10.2. The second-order valence-electron chi connectivity index (χ2n) is 4.56. The molecule has 0 saturated heterocycles. The lowest BCUT2D eigenvalue weighted by molar-refractivity contribution is 0.577. The number of hydrogen-bond acceptors (Lipinski definition) is 2. The molecule has 0 bridgehead atoms. The van der Waals surface area contributed by atoms with Crippen molar-refractivity contribution >= 4 is 22.6 Å². The van der Waals surface area contributed by atoms with Gasteiger partial charge in [0.2, 0.25) is 0 Å². The van der Waals surface area contributed by atoms with Crippen LogP contribution in [0.25, 0.3) is 11.0 Å². The predicted octanol–water partition coefficient (Wildman–Crippen LogP) is 2.98. The van der Waals surface area contributed by atoms with Crippen LogP contribution in [0.5, 0.6) is 0 Å². The van der Waals surface area contributed by atoms with E-state index in [0.29, 0.717) is 5.88 Å². The van der Waals surface area contributed by atoms with Crippen molar-refractivity contribution in [3.8, 4) is 0 Å². The molecule has 0 atom stereocenters. The minimum atomic E-state index is 0.429. The zero-order valence-corrected chi connectivity index (χ0v) is 11.5. The van der Waals surface area contributed by atoms with Crippen molar-refractivity contribution < 1.29 is 0 Å². The van der Waals surface area contributed by atoms with Crippen LogP contribution < -0.4 is 0 Å². The van der Waals surface area contributed by atoms with Gasteiger partial charge in [0.1, 0.15) is 5.82 Å². The first-order chi connectivity index (χ1) is 9.29. The summed E-state index contributed by atoms with van der Waals surface area (Å²) in [6, 6.07) is 6.23. The van der Waals surface area contributed by atoms with Gasteiger partial charge in [-0.1, -0.05) is 12.1 Å². The Morgan fingerprint density at radius 1 is 1.26 bits per heavy atom. The van der Waals surface area contributed by atoms with E-state index in [2.05, 4.69) is 44.2 Å². The molecule has 0 fully saturated rings. The van der Waals surface area contributed by atoms with Crippen LogP contribution in [0.3, 0.4) is 0 Å². The summed E-state index contributed by atoms with van der Waals surface area (Å²) in [6.07, 6.45) is 5.58. The van der Waals surface area contributed by atoms with Crippen molar-refractivity contribution in [2.75, 3.05) is 0 Å². The third-order valence-electron chi connectivity index (χ3n) is 3.32. The fourth-order valence-corrected chi connectivity index (χ4v) is 2.53. The van der Waals surface area contributed by atoms with Gasteiger partial charge in [-0.25, -0.2) is 9.97 Å². The fourth-order valence-electron chi connectivity index (χ4n) is 2.32. The number of benzene rings is 1. The monoisotopic (exact) mass is 274 g/mol. The van der Waals surface area contributed by atoms with E-state index in [0.717, 1.165) is 29.9 Å². The smallest absolute Gasteiger partial charge is 0.124 e. The summed E-state index contributed by atoms with van der Waals surface area (Å²) >= 11 is 6.01.